The van der Waals surface area contributed by atoms with Gasteiger partial charge < -0.3 is 14.4 Å². The van der Waals surface area contributed by atoms with Crippen LogP contribution in [0.25, 0.3) is 10.9 Å². The number of likely N-dealkylation sites (tertiary alicyclic amines) is 1. The summed E-state index contributed by atoms with van der Waals surface area (Å²) in [5.74, 6) is -0.493. The molecule has 0 spiro atoms. The lowest BCUT2D eigenvalue weighted by molar-refractivity contribution is -0.274. The molecule has 1 aliphatic rings. The highest BCUT2D eigenvalue weighted by Crippen LogP contribution is 2.27. The Hall–Kier alpha value is -3.90. The Bertz CT molecular complexity index is 1410. The van der Waals surface area contributed by atoms with Crippen LogP contribution in [0.3, 0.4) is 0 Å². The highest BCUT2D eigenvalue weighted by Gasteiger charge is 2.31. The molecule has 0 bridgehead atoms. The third-order valence-corrected chi connectivity index (χ3v) is 6.27. The molecule has 1 aliphatic heterocycles. The average molecular weight is 541 g/mol. The topological polar surface area (TPSA) is 82.8 Å². The van der Waals surface area contributed by atoms with Gasteiger partial charge in [-0.1, -0.05) is 12.1 Å². The molecule has 1 saturated heterocycles. The minimum Gasteiger partial charge on any atom is -0.485 e. The smallest absolute Gasteiger partial charge is 0.485 e. The van der Waals surface area contributed by atoms with Crippen LogP contribution in [0.4, 0.5) is 22.0 Å². The van der Waals surface area contributed by atoms with E-state index in [1.165, 1.54) is 34.9 Å². The Morgan fingerprint density at radius 2 is 1.71 bits per heavy atom. The molecule has 1 aromatic heterocycles. The molecule has 204 valence electrons. The zero-order valence-electron chi connectivity index (χ0n) is 20.0. The fraction of sp³-hybridized carbons (Fsp3) is 0.400. The van der Waals surface area contributed by atoms with Crippen molar-refractivity contribution in [2.45, 2.75) is 37.9 Å². The molecule has 0 atom stereocenters. The first-order valence-corrected chi connectivity index (χ1v) is 11.7. The van der Waals surface area contributed by atoms with Gasteiger partial charge in [0.25, 0.3) is 5.56 Å². The lowest BCUT2D eigenvalue weighted by Crippen LogP contribution is -2.44. The fourth-order valence-electron chi connectivity index (χ4n) is 4.50. The summed E-state index contributed by atoms with van der Waals surface area (Å²) >= 11 is 0. The van der Waals surface area contributed by atoms with E-state index in [0.717, 1.165) is 16.7 Å². The van der Waals surface area contributed by atoms with Crippen molar-refractivity contribution in [3.63, 3.8) is 0 Å². The molecule has 1 amide bonds. The second-order valence-electron chi connectivity index (χ2n) is 8.84. The van der Waals surface area contributed by atoms with Gasteiger partial charge >= 0.3 is 12.1 Å². The lowest BCUT2D eigenvalue weighted by atomic mass is 10.0. The number of fused-ring (bicyclic) bond motifs is 1. The second-order valence-corrected chi connectivity index (χ2v) is 8.84. The summed E-state index contributed by atoms with van der Waals surface area (Å²) in [5.41, 5.74) is -0.973. The maximum atomic E-state index is 13.6. The number of carbonyl (C=O) groups is 1. The van der Waals surface area contributed by atoms with Crippen molar-refractivity contribution < 1.29 is 36.2 Å². The highest BCUT2D eigenvalue weighted by atomic mass is 19.4. The van der Waals surface area contributed by atoms with E-state index in [-0.39, 0.29) is 34.8 Å². The van der Waals surface area contributed by atoms with Crippen molar-refractivity contribution in [2.75, 3.05) is 26.4 Å². The molecule has 13 heteroatoms. The Kier molecular flexibility index (Phi) is 8.02. The first kappa shape index (κ1) is 27.1. The maximum absolute atomic E-state index is 13.6. The Balaban J connectivity index is 1.82. The zero-order chi connectivity index (χ0) is 27.4. The van der Waals surface area contributed by atoms with E-state index in [2.05, 4.69) is 4.74 Å². The summed E-state index contributed by atoms with van der Waals surface area (Å²) in [6.07, 6.45) is -4.74. The number of hydrogen-bond acceptors (Lipinski definition) is 5. The molecular weight excluding hydrogens is 517 g/mol. The number of amides is 1. The van der Waals surface area contributed by atoms with Crippen molar-refractivity contribution in [2.24, 2.45) is 0 Å². The van der Waals surface area contributed by atoms with Crippen LogP contribution in [0.5, 0.6) is 11.5 Å². The van der Waals surface area contributed by atoms with Crippen molar-refractivity contribution in [3.05, 3.63) is 68.9 Å². The summed E-state index contributed by atoms with van der Waals surface area (Å²) in [7, 11) is 0. The molecule has 38 heavy (non-hydrogen) atoms. The van der Waals surface area contributed by atoms with E-state index < -0.39 is 42.8 Å². The van der Waals surface area contributed by atoms with Gasteiger partial charge in [-0.2, -0.15) is 0 Å². The van der Waals surface area contributed by atoms with Crippen LogP contribution in [0.1, 0.15) is 24.4 Å². The molecule has 0 saturated carbocycles. The molecule has 2 aromatic carbocycles. The minimum absolute atomic E-state index is 0.0167. The monoisotopic (exact) mass is 541 g/mol. The van der Waals surface area contributed by atoms with Gasteiger partial charge in [-0.25, -0.2) is 13.6 Å². The number of rotatable bonds is 9. The summed E-state index contributed by atoms with van der Waals surface area (Å²) in [5, 5.41) is 0.0269. The van der Waals surface area contributed by atoms with E-state index in [4.69, 9.17) is 4.74 Å². The molecule has 2 heterocycles. The number of benzene rings is 2. The number of nitrogens with zero attached hydrogens (tertiary/aromatic N) is 3. The summed E-state index contributed by atoms with van der Waals surface area (Å²) in [4.78, 5) is 39.8. The normalized spacial score (nSPS) is 14.7. The number of alkyl halides is 5. The van der Waals surface area contributed by atoms with Gasteiger partial charge in [-0.3, -0.25) is 18.7 Å². The van der Waals surface area contributed by atoms with Crippen molar-refractivity contribution in [3.8, 4) is 11.5 Å². The number of aromatic nitrogens is 2. The number of halogens is 5. The summed E-state index contributed by atoms with van der Waals surface area (Å²) in [6.45, 7) is -1.78. The molecule has 0 radical (unpaired) electrons. The summed E-state index contributed by atoms with van der Waals surface area (Å²) < 4.78 is 75.6. The predicted molar refractivity (Wildman–Crippen MR) is 127 cm³/mol. The molecule has 3 aromatic rings. The van der Waals surface area contributed by atoms with Crippen LogP contribution < -0.4 is 20.7 Å². The number of carbonyl (C=O) groups excluding carboxylic acids is 1. The van der Waals surface area contributed by atoms with E-state index in [1.54, 1.807) is 4.90 Å². The van der Waals surface area contributed by atoms with Crippen LogP contribution in [-0.2, 0) is 11.3 Å². The van der Waals surface area contributed by atoms with Gasteiger partial charge in [0.1, 0.15) is 24.8 Å². The standard InChI is InChI=1S/C25H24F5N3O5/c26-12-20(13-27)37-18-4-5-22-21(11-18)23(35)32(14-16-2-1-3-19(10-16)38-25(28,29)30)24(36)33(22)17-6-8-31(15-34)9-7-17/h1-5,10-11,15,17,20H,6-9,12-14H2. The fourth-order valence-corrected chi connectivity index (χ4v) is 4.50. The maximum Gasteiger partial charge on any atom is 0.573 e. The Morgan fingerprint density at radius 3 is 2.34 bits per heavy atom. The molecule has 1 fully saturated rings. The third-order valence-electron chi connectivity index (χ3n) is 6.27. The SMILES string of the molecule is O=CN1CCC(n2c(=O)n(Cc3cccc(OC(F)(F)F)c3)c(=O)c3cc(OC(CF)CF)ccc32)CC1. The molecule has 0 unspecified atom stereocenters. The minimum atomic E-state index is -4.92. The molecule has 8 nitrogen and oxygen atoms in total. The van der Waals surface area contributed by atoms with E-state index in [1.807, 2.05) is 0 Å². The van der Waals surface area contributed by atoms with Gasteiger partial charge in [-0.05, 0) is 48.7 Å². The first-order valence-electron chi connectivity index (χ1n) is 11.7. The largest absolute Gasteiger partial charge is 0.573 e. The Morgan fingerprint density at radius 1 is 1.00 bits per heavy atom. The predicted octanol–water partition coefficient (Wildman–Crippen LogP) is 3.59. The highest BCUT2D eigenvalue weighted by molar-refractivity contribution is 5.80. The van der Waals surface area contributed by atoms with Crippen LogP contribution in [0.2, 0.25) is 0 Å². The van der Waals surface area contributed by atoms with Gasteiger partial charge in [0.05, 0.1) is 17.4 Å². The summed E-state index contributed by atoms with van der Waals surface area (Å²) in [6, 6.07) is 8.66. The second kappa shape index (κ2) is 11.2. The first-order chi connectivity index (χ1) is 18.1. The third kappa shape index (κ3) is 5.97. The number of hydrogen-bond donors (Lipinski definition) is 0. The van der Waals surface area contributed by atoms with Crippen LogP contribution >= 0.6 is 0 Å². The van der Waals surface area contributed by atoms with Crippen LogP contribution in [0, 0.1) is 0 Å². The van der Waals surface area contributed by atoms with Gasteiger partial charge in [-0.15, -0.1) is 13.2 Å². The molecular formula is C25H24F5N3O5. The molecule has 4 rings (SSSR count). The van der Waals surface area contributed by atoms with Gasteiger partial charge in [0.15, 0.2) is 6.10 Å². The van der Waals surface area contributed by atoms with Crippen LogP contribution in [-0.4, -0.2) is 59.3 Å². The average Bonchev–Trinajstić information content (AvgIpc) is 2.89. The molecule has 0 N–H and O–H groups in total. The number of ether oxygens (including phenoxy) is 2. The van der Waals surface area contributed by atoms with Crippen molar-refractivity contribution in [1.82, 2.24) is 14.0 Å². The van der Waals surface area contributed by atoms with E-state index >= 15 is 0 Å². The lowest BCUT2D eigenvalue weighted by Gasteiger charge is -2.31. The van der Waals surface area contributed by atoms with Crippen molar-refractivity contribution in [1.29, 1.82) is 0 Å². The van der Waals surface area contributed by atoms with Gasteiger partial charge in [0, 0.05) is 19.1 Å². The van der Waals surface area contributed by atoms with E-state index in [9.17, 15) is 36.3 Å². The van der Waals surface area contributed by atoms with E-state index in [0.29, 0.717) is 32.3 Å². The van der Waals surface area contributed by atoms with Gasteiger partial charge in [0.2, 0.25) is 6.41 Å². The van der Waals surface area contributed by atoms with Crippen LogP contribution in [0.15, 0.2) is 52.1 Å². The Labute approximate surface area is 212 Å². The zero-order valence-corrected chi connectivity index (χ0v) is 20.0. The molecule has 0 aliphatic carbocycles. The number of piperidine rings is 1. The van der Waals surface area contributed by atoms with Crippen molar-refractivity contribution >= 4 is 17.3 Å². The quantitative estimate of drug-likeness (QED) is 0.306.